The van der Waals surface area contributed by atoms with Gasteiger partial charge in [0.15, 0.2) is 0 Å². The Hall–Kier alpha value is -1.02. The summed E-state index contributed by atoms with van der Waals surface area (Å²) in [6, 6.07) is 10.2. The molecule has 0 aliphatic heterocycles. The minimum Gasteiger partial charge on any atom is -0.349 e. The molecule has 2 aromatic rings. The van der Waals surface area contributed by atoms with Gasteiger partial charge in [-0.15, -0.1) is 11.3 Å². The van der Waals surface area contributed by atoms with Crippen molar-refractivity contribution in [2.45, 2.75) is 19.0 Å². The van der Waals surface area contributed by atoms with E-state index < -0.39 is 6.04 Å². The van der Waals surface area contributed by atoms with Crippen molar-refractivity contribution in [3.8, 4) is 0 Å². The van der Waals surface area contributed by atoms with Crippen molar-refractivity contribution in [1.82, 2.24) is 10.6 Å². The number of benzene rings is 1. The van der Waals surface area contributed by atoms with E-state index in [1.165, 1.54) is 11.3 Å². The molecule has 0 bridgehead atoms. The Morgan fingerprint density at radius 3 is 2.68 bits per heavy atom. The molecule has 0 aliphatic rings. The maximum Gasteiger partial charge on any atom is 0.253 e. The number of hydrogen-bond donors (Lipinski definition) is 2. The third kappa shape index (κ3) is 6.33. The monoisotopic (exact) mass is 460 g/mol. The molecule has 1 aromatic heterocycles. The fraction of sp³-hybridized carbons (Fsp3) is 0.294. The Morgan fingerprint density at radius 2 is 2.04 bits per heavy atom. The smallest absolute Gasteiger partial charge is 0.253 e. The molecule has 0 spiro atoms. The van der Waals surface area contributed by atoms with Gasteiger partial charge in [-0.1, -0.05) is 23.7 Å². The summed E-state index contributed by atoms with van der Waals surface area (Å²) in [5.74, 6) is 0.311. The van der Waals surface area contributed by atoms with Gasteiger partial charge < -0.3 is 10.6 Å². The molecule has 0 radical (unpaired) electrons. The number of nitrogens with one attached hydrogen (secondary N) is 2. The van der Waals surface area contributed by atoms with Crippen molar-refractivity contribution in [3.05, 3.63) is 55.6 Å². The molecule has 1 aromatic carbocycles. The zero-order valence-corrected chi connectivity index (χ0v) is 17.5. The highest BCUT2D eigenvalue weighted by atomic mass is 79.9. The van der Waals surface area contributed by atoms with Gasteiger partial charge in [0.25, 0.3) is 5.91 Å². The van der Waals surface area contributed by atoms with Crippen LogP contribution in [0.3, 0.4) is 0 Å². The van der Waals surface area contributed by atoms with Crippen LogP contribution in [-0.2, 0) is 11.3 Å². The van der Waals surface area contributed by atoms with Crippen LogP contribution in [0.5, 0.6) is 0 Å². The van der Waals surface area contributed by atoms with Gasteiger partial charge in [0.05, 0.1) is 16.4 Å². The molecule has 1 unspecified atom stereocenters. The molecule has 0 aliphatic carbocycles. The fourth-order valence-corrected chi connectivity index (χ4v) is 4.09. The summed E-state index contributed by atoms with van der Waals surface area (Å²) in [6.45, 7) is 0.400. The van der Waals surface area contributed by atoms with E-state index in [0.717, 1.165) is 10.6 Å². The Morgan fingerprint density at radius 1 is 1.28 bits per heavy atom. The molecular weight excluding hydrogens is 444 g/mol. The second-order valence-corrected chi connectivity index (χ2v) is 8.85. The lowest BCUT2D eigenvalue weighted by atomic mass is 10.1. The van der Waals surface area contributed by atoms with E-state index in [1.807, 2.05) is 18.4 Å². The van der Waals surface area contributed by atoms with E-state index in [4.69, 9.17) is 11.6 Å². The topological polar surface area (TPSA) is 58.2 Å². The van der Waals surface area contributed by atoms with Gasteiger partial charge in [0.2, 0.25) is 5.91 Å². The summed E-state index contributed by atoms with van der Waals surface area (Å²) in [6.07, 6.45) is 2.53. The van der Waals surface area contributed by atoms with Gasteiger partial charge in [-0.2, -0.15) is 11.8 Å². The highest BCUT2D eigenvalue weighted by Crippen LogP contribution is 2.21. The second kappa shape index (κ2) is 10.2. The molecule has 0 saturated heterocycles. The Labute approximate surface area is 168 Å². The Kier molecular flexibility index (Phi) is 8.29. The van der Waals surface area contributed by atoms with E-state index in [0.29, 0.717) is 27.3 Å². The van der Waals surface area contributed by atoms with Crippen molar-refractivity contribution in [3.63, 3.8) is 0 Å². The van der Waals surface area contributed by atoms with Crippen LogP contribution >= 0.6 is 50.6 Å². The van der Waals surface area contributed by atoms with Crippen molar-refractivity contribution in [2.75, 3.05) is 12.0 Å². The van der Waals surface area contributed by atoms with Crippen molar-refractivity contribution < 1.29 is 9.59 Å². The lowest BCUT2D eigenvalue weighted by Crippen LogP contribution is -2.46. The van der Waals surface area contributed by atoms with Crippen LogP contribution in [0.4, 0.5) is 0 Å². The fourth-order valence-electron chi connectivity index (χ4n) is 2.13. The van der Waals surface area contributed by atoms with Crippen molar-refractivity contribution >= 4 is 62.4 Å². The zero-order valence-electron chi connectivity index (χ0n) is 13.6. The first-order chi connectivity index (χ1) is 12.0. The van der Waals surface area contributed by atoms with E-state index in [2.05, 4.69) is 26.6 Å². The molecule has 25 heavy (non-hydrogen) atoms. The highest BCUT2D eigenvalue weighted by Gasteiger charge is 2.22. The van der Waals surface area contributed by atoms with Crippen LogP contribution in [0, 0.1) is 0 Å². The minimum absolute atomic E-state index is 0.195. The molecular formula is C17H18BrClN2O2S2. The number of amides is 2. The average Bonchev–Trinajstić information content (AvgIpc) is 3.02. The van der Waals surface area contributed by atoms with Crippen LogP contribution < -0.4 is 10.6 Å². The highest BCUT2D eigenvalue weighted by molar-refractivity contribution is 9.10. The second-order valence-electron chi connectivity index (χ2n) is 5.21. The molecule has 1 atom stereocenters. The summed E-state index contributed by atoms with van der Waals surface area (Å²) in [7, 11) is 0. The summed E-state index contributed by atoms with van der Waals surface area (Å²) in [5, 5.41) is 5.70. The molecule has 8 heteroatoms. The van der Waals surface area contributed by atoms with Crippen LogP contribution in [0.1, 0.15) is 21.7 Å². The number of thiophene rings is 1. The molecule has 0 fully saturated rings. The Bertz CT molecular complexity index is 739. The molecule has 2 rings (SSSR count). The first kappa shape index (κ1) is 20.3. The predicted octanol–water partition coefficient (Wildman–Crippen LogP) is 4.33. The lowest BCUT2D eigenvalue weighted by molar-refractivity contribution is -0.123. The van der Waals surface area contributed by atoms with Gasteiger partial charge in [0, 0.05) is 9.35 Å². The zero-order chi connectivity index (χ0) is 18.2. The normalized spacial score (nSPS) is 11.8. The molecule has 4 nitrogen and oxygen atoms in total. The van der Waals surface area contributed by atoms with E-state index in [9.17, 15) is 9.59 Å². The van der Waals surface area contributed by atoms with Gasteiger partial charge in [-0.05, 0) is 58.6 Å². The summed E-state index contributed by atoms with van der Waals surface area (Å²) in [5.41, 5.74) is 0.509. The first-order valence-corrected chi connectivity index (χ1v) is 11.0. The van der Waals surface area contributed by atoms with Gasteiger partial charge in [0.1, 0.15) is 6.04 Å². The predicted molar refractivity (Wildman–Crippen MR) is 110 cm³/mol. The molecule has 2 amide bonds. The van der Waals surface area contributed by atoms with E-state index in [-0.39, 0.29) is 11.8 Å². The Balaban J connectivity index is 2.00. The summed E-state index contributed by atoms with van der Waals surface area (Å²) >= 11 is 12.3. The van der Waals surface area contributed by atoms with Crippen LogP contribution in [-0.4, -0.2) is 29.9 Å². The molecule has 0 saturated carbocycles. The SMILES string of the molecule is CSCCC(NC(=O)c1ccccc1Br)C(=O)NCc1ccc(Cl)s1. The van der Waals surface area contributed by atoms with Gasteiger partial charge in [-0.3, -0.25) is 9.59 Å². The van der Waals surface area contributed by atoms with E-state index in [1.54, 1.807) is 36.0 Å². The minimum atomic E-state index is -0.581. The van der Waals surface area contributed by atoms with Crippen LogP contribution in [0.15, 0.2) is 40.9 Å². The number of thioether (sulfide) groups is 1. The third-order valence-corrected chi connectivity index (χ3v) is 5.98. The number of carbonyl (C=O) groups is 2. The number of carbonyl (C=O) groups excluding carboxylic acids is 2. The standard InChI is InChI=1S/C17H18BrClN2O2S2/c1-24-9-8-14(17(23)20-10-11-6-7-15(19)25-11)21-16(22)12-4-2-3-5-13(12)18/h2-7,14H,8-10H2,1H3,(H,20,23)(H,21,22). The third-order valence-electron chi connectivity index (χ3n) is 3.42. The van der Waals surface area contributed by atoms with Crippen molar-refractivity contribution in [2.24, 2.45) is 0 Å². The van der Waals surface area contributed by atoms with Crippen LogP contribution in [0.2, 0.25) is 4.34 Å². The molecule has 2 N–H and O–H groups in total. The largest absolute Gasteiger partial charge is 0.349 e. The number of hydrogen-bond acceptors (Lipinski definition) is 4. The van der Waals surface area contributed by atoms with Crippen molar-refractivity contribution in [1.29, 1.82) is 0 Å². The lowest BCUT2D eigenvalue weighted by Gasteiger charge is -2.18. The van der Waals surface area contributed by atoms with E-state index >= 15 is 0 Å². The quantitative estimate of drug-likeness (QED) is 0.615. The van der Waals surface area contributed by atoms with Gasteiger partial charge >= 0.3 is 0 Å². The summed E-state index contributed by atoms with van der Waals surface area (Å²) in [4.78, 5) is 26.0. The number of rotatable bonds is 8. The number of halogens is 2. The first-order valence-electron chi connectivity index (χ1n) is 7.57. The maximum absolute atomic E-state index is 12.5. The maximum atomic E-state index is 12.5. The van der Waals surface area contributed by atoms with Gasteiger partial charge in [-0.25, -0.2) is 0 Å². The molecule has 134 valence electrons. The average molecular weight is 462 g/mol. The van der Waals surface area contributed by atoms with Crippen LogP contribution in [0.25, 0.3) is 0 Å². The summed E-state index contributed by atoms with van der Waals surface area (Å²) < 4.78 is 1.38. The molecule has 1 heterocycles.